The van der Waals surface area contributed by atoms with E-state index in [0.29, 0.717) is 30.2 Å². The molecule has 2 aliphatic carbocycles. The fourth-order valence-corrected chi connectivity index (χ4v) is 5.51. The average Bonchev–Trinajstić information content (AvgIpc) is 3.70. The minimum atomic E-state index is -3.88. The number of sulfone groups is 1. The highest BCUT2D eigenvalue weighted by Crippen LogP contribution is 2.50. The SMILES string of the molecule is CC1CC1c1nc(N2CCC([C@H]3C[C@H]3CCOc3ccc(S(=O)(=O)CF)cn3)CC2)no1. The van der Waals surface area contributed by atoms with Crippen LogP contribution in [-0.4, -0.2) is 49.2 Å². The molecule has 3 heterocycles. The van der Waals surface area contributed by atoms with Gasteiger partial charge in [-0.1, -0.05) is 6.92 Å². The number of halogens is 1. The molecule has 5 rings (SSSR count). The topological polar surface area (TPSA) is 98.4 Å². The summed E-state index contributed by atoms with van der Waals surface area (Å²) in [6.45, 7) is 4.71. The lowest BCUT2D eigenvalue weighted by atomic mass is 9.90. The number of anilines is 1. The lowest BCUT2D eigenvalue weighted by Crippen LogP contribution is -2.35. The van der Waals surface area contributed by atoms with Gasteiger partial charge in [-0.15, -0.1) is 0 Å². The maximum absolute atomic E-state index is 12.5. The van der Waals surface area contributed by atoms with Crippen LogP contribution in [0.3, 0.4) is 0 Å². The van der Waals surface area contributed by atoms with E-state index in [0.717, 1.165) is 68.6 Å². The van der Waals surface area contributed by atoms with Crippen LogP contribution in [0.2, 0.25) is 0 Å². The van der Waals surface area contributed by atoms with Gasteiger partial charge in [-0.05, 0) is 67.0 Å². The van der Waals surface area contributed by atoms with Gasteiger partial charge in [0, 0.05) is 31.3 Å². The monoisotopic (exact) mass is 464 g/mol. The van der Waals surface area contributed by atoms with Gasteiger partial charge < -0.3 is 14.2 Å². The third kappa shape index (κ3) is 4.60. The maximum Gasteiger partial charge on any atom is 0.266 e. The summed E-state index contributed by atoms with van der Waals surface area (Å²) in [7, 11) is -3.88. The van der Waals surface area contributed by atoms with Gasteiger partial charge in [-0.3, -0.25) is 0 Å². The number of hydrogen-bond donors (Lipinski definition) is 0. The molecule has 32 heavy (non-hydrogen) atoms. The number of pyridine rings is 1. The number of ether oxygens (including phenoxy) is 1. The average molecular weight is 465 g/mol. The Hall–Kier alpha value is -2.23. The summed E-state index contributed by atoms with van der Waals surface area (Å²) in [5.74, 6) is 5.19. The van der Waals surface area contributed by atoms with Crippen molar-refractivity contribution in [1.29, 1.82) is 0 Å². The van der Waals surface area contributed by atoms with Crippen LogP contribution in [0.25, 0.3) is 0 Å². The molecule has 10 heteroatoms. The highest BCUT2D eigenvalue weighted by molar-refractivity contribution is 7.91. The molecule has 0 amide bonds. The molecule has 2 aromatic rings. The summed E-state index contributed by atoms with van der Waals surface area (Å²) in [5, 5.41) is 4.19. The van der Waals surface area contributed by atoms with Crippen LogP contribution in [0.15, 0.2) is 27.7 Å². The smallest absolute Gasteiger partial charge is 0.266 e. The number of alkyl halides is 1. The first-order valence-electron chi connectivity index (χ1n) is 11.4. The molecule has 1 saturated heterocycles. The second-order valence-corrected chi connectivity index (χ2v) is 11.3. The number of rotatable bonds is 9. The first-order chi connectivity index (χ1) is 15.4. The van der Waals surface area contributed by atoms with Gasteiger partial charge in [0.2, 0.25) is 21.6 Å². The molecule has 2 aromatic heterocycles. The molecular weight excluding hydrogens is 435 g/mol. The molecule has 2 saturated carbocycles. The molecule has 2 unspecified atom stereocenters. The van der Waals surface area contributed by atoms with Gasteiger partial charge in [0.25, 0.3) is 5.95 Å². The Morgan fingerprint density at radius 1 is 1.25 bits per heavy atom. The predicted molar refractivity (Wildman–Crippen MR) is 115 cm³/mol. The largest absolute Gasteiger partial charge is 0.478 e. The summed E-state index contributed by atoms with van der Waals surface area (Å²) >= 11 is 0. The third-order valence-corrected chi connectivity index (χ3v) is 8.46. The number of piperidine rings is 1. The van der Waals surface area contributed by atoms with E-state index in [2.05, 4.69) is 26.9 Å². The van der Waals surface area contributed by atoms with Crippen LogP contribution in [0.5, 0.6) is 5.88 Å². The molecule has 174 valence electrons. The number of aromatic nitrogens is 3. The molecule has 8 nitrogen and oxygen atoms in total. The van der Waals surface area contributed by atoms with E-state index in [1.165, 1.54) is 18.6 Å². The van der Waals surface area contributed by atoms with Gasteiger partial charge in [0.15, 0.2) is 6.01 Å². The van der Waals surface area contributed by atoms with Crippen molar-refractivity contribution in [1.82, 2.24) is 15.1 Å². The Balaban J connectivity index is 1.03. The Labute approximate surface area is 187 Å². The second-order valence-electron chi connectivity index (χ2n) is 9.43. The standard InChI is InChI=1S/C22H29FN4O4S/c1-14-10-18(14)21-25-22(26-31-21)27-7-4-15(5-8-27)19-11-16(19)6-9-30-20-3-2-17(12-24-20)32(28,29)13-23/h2-3,12,14-16,18-19H,4-11,13H2,1H3/t14?,16-,18?,19-/m1/s1. The molecule has 0 radical (unpaired) electrons. The molecule has 0 aromatic carbocycles. The van der Waals surface area contributed by atoms with Crippen LogP contribution in [-0.2, 0) is 9.84 Å². The van der Waals surface area contributed by atoms with E-state index in [1.54, 1.807) is 0 Å². The van der Waals surface area contributed by atoms with Gasteiger partial charge >= 0.3 is 0 Å². The van der Waals surface area contributed by atoms with Gasteiger partial charge in [0.05, 0.1) is 11.5 Å². The van der Waals surface area contributed by atoms with Crippen molar-refractivity contribution in [3.05, 3.63) is 24.2 Å². The molecule has 0 spiro atoms. The minimum absolute atomic E-state index is 0.125. The summed E-state index contributed by atoms with van der Waals surface area (Å²) in [6.07, 6.45) is 6.80. The predicted octanol–water partition coefficient (Wildman–Crippen LogP) is 3.61. The maximum atomic E-state index is 12.5. The fourth-order valence-electron chi connectivity index (χ4n) is 4.89. The summed E-state index contributed by atoms with van der Waals surface area (Å²) in [4.78, 5) is 10.7. The molecule has 3 aliphatic rings. The fraction of sp³-hybridized carbons (Fsp3) is 0.682. The van der Waals surface area contributed by atoms with Crippen molar-refractivity contribution in [3.63, 3.8) is 0 Å². The van der Waals surface area contributed by atoms with E-state index in [4.69, 9.17) is 9.26 Å². The molecular formula is C22H29FN4O4S. The van der Waals surface area contributed by atoms with E-state index in [1.807, 2.05) is 0 Å². The van der Waals surface area contributed by atoms with Gasteiger partial charge in [-0.25, -0.2) is 17.8 Å². The van der Waals surface area contributed by atoms with Crippen molar-refractivity contribution in [2.24, 2.45) is 23.7 Å². The summed E-state index contributed by atoms with van der Waals surface area (Å²) in [6, 6.07) is 1.39. The Bertz CT molecular complexity index is 1040. The highest BCUT2D eigenvalue weighted by Gasteiger charge is 2.44. The van der Waals surface area contributed by atoms with Crippen LogP contribution in [0.4, 0.5) is 10.3 Å². The van der Waals surface area contributed by atoms with Gasteiger partial charge in [-0.2, -0.15) is 4.98 Å². The van der Waals surface area contributed by atoms with Crippen molar-refractivity contribution < 1.29 is 22.1 Å². The summed E-state index contributed by atoms with van der Waals surface area (Å²) < 4.78 is 46.6. The molecule has 1 aliphatic heterocycles. The van der Waals surface area contributed by atoms with E-state index >= 15 is 0 Å². The highest BCUT2D eigenvalue weighted by atomic mass is 32.2. The van der Waals surface area contributed by atoms with Crippen molar-refractivity contribution >= 4 is 15.8 Å². The molecule has 3 fully saturated rings. The number of nitrogens with zero attached hydrogens (tertiary/aromatic N) is 4. The molecule has 0 N–H and O–H groups in total. The number of hydrogen-bond acceptors (Lipinski definition) is 8. The van der Waals surface area contributed by atoms with Crippen LogP contribution in [0, 0.1) is 23.7 Å². The van der Waals surface area contributed by atoms with Crippen molar-refractivity contribution in [2.45, 2.75) is 49.8 Å². The normalized spacial score (nSPS) is 28.0. The zero-order valence-corrected chi connectivity index (χ0v) is 19.0. The van der Waals surface area contributed by atoms with Crippen LogP contribution < -0.4 is 9.64 Å². The van der Waals surface area contributed by atoms with E-state index in [9.17, 15) is 12.8 Å². The Morgan fingerprint density at radius 3 is 2.69 bits per heavy atom. The van der Waals surface area contributed by atoms with E-state index < -0.39 is 15.8 Å². The van der Waals surface area contributed by atoms with Crippen molar-refractivity contribution in [3.8, 4) is 5.88 Å². The first-order valence-corrected chi connectivity index (χ1v) is 13.1. The Kier molecular flexibility index (Phi) is 5.81. The zero-order valence-electron chi connectivity index (χ0n) is 18.2. The van der Waals surface area contributed by atoms with Crippen LogP contribution in [0.1, 0.15) is 50.8 Å². The third-order valence-electron chi connectivity index (χ3n) is 7.21. The molecule has 0 bridgehead atoms. The van der Waals surface area contributed by atoms with Crippen LogP contribution >= 0.6 is 0 Å². The summed E-state index contributed by atoms with van der Waals surface area (Å²) in [5.41, 5.74) is 0. The van der Waals surface area contributed by atoms with Gasteiger partial charge in [0.1, 0.15) is 0 Å². The lowest BCUT2D eigenvalue weighted by Gasteiger charge is -2.31. The minimum Gasteiger partial charge on any atom is -0.478 e. The second kappa shape index (κ2) is 8.61. The Morgan fingerprint density at radius 2 is 2.03 bits per heavy atom. The van der Waals surface area contributed by atoms with E-state index in [-0.39, 0.29) is 4.90 Å². The zero-order chi connectivity index (χ0) is 22.3. The first kappa shape index (κ1) is 21.6. The van der Waals surface area contributed by atoms with Crippen molar-refractivity contribution in [2.75, 3.05) is 30.6 Å². The quantitative estimate of drug-likeness (QED) is 0.555. The molecule has 4 atom stereocenters. The lowest BCUT2D eigenvalue weighted by molar-refractivity contribution is 0.275.